The van der Waals surface area contributed by atoms with Crippen molar-refractivity contribution in [3.8, 4) is 0 Å². The highest BCUT2D eigenvalue weighted by Gasteiger charge is 2.48. The lowest BCUT2D eigenvalue weighted by Crippen LogP contribution is -2.49. The SMILES string of the molecule is Cc1ccc(Cl)cc1N1CCN(C(=O)c2cccc(N3C(=O)C4CCCCC4C3=O)c2)CC1. The molecule has 0 N–H and O–H groups in total. The van der Waals surface area contributed by atoms with Crippen LogP contribution >= 0.6 is 11.6 Å². The van der Waals surface area contributed by atoms with Gasteiger partial charge >= 0.3 is 0 Å². The molecule has 2 unspecified atom stereocenters. The van der Waals surface area contributed by atoms with Crippen LogP contribution in [-0.2, 0) is 9.59 Å². The predicted octanol–water partition coefficient (Wildman–Crippen LogP) is 4.29. The maximum Gasteiger partial charge on any atom is 0.254 e. The minimum atomic E-state index is -0.200. The molecular formula is C26H28ClN3O3. The summed E-state index contributed by atoms with van der Waals surface area (Å²) in [5.41, 5.74) is 3.28. The summed E-state index contributed by atoms with van der Waals surface area (Å²) in [6.45, 7) is 4.70. The number of amides is 3. The van der Waals surface area contributed by atoms with E-state index in [0.29, 0.717) is 29.4 Å². The van der Waals surface area contributed by atoms with E-state index in [9.17, 15) is 14.4 Å². The molecule has 0 bridgehead atoms. The maximum absolute atomic E-state index is 13.2. The molecule has 0 aromatic heterocycles. The van der Waals surface area contributed by atoms with Crippen LogP contribution in [0.1, 0.15) is 41.6 Å². The van der Waals surface area contributed by atoms with Gasteiger partial charge in [0.25, 0.3) is 5.91 Å². The Morgan fingerprint density at radius 3 is 2.24 bits per heavy atom. The fourth-order valence-corrected chi connectivity index (χ4v) is 5.62. The molecule has 0 spiro atoms. The van der Waals surface area contributed by atoms with Crippen LogP contribution in [0.4, 0.5) is 11.4 Å². The lowest BCUT2D eigenvalue weighted by Gasteiger charge is -2.37. The zero-order valence-corrected chi connectivity index (χ0v) is 19.6. The van der Waals surface area contributed by atoms with Crippen molar-refractivity contribution >= 4 is 40.7 Å². The number of carbonyl (C=O) groups is 3. The molecule has 172 valence electrons. The van der Waals surface area contributed by atoms with E-state index in [2.05, 4.69) is 11.8 Å². The lowest BCUT2D eigenvalue weighted by atomic mass is 9.81. The zero-order valence-electron chi connectivity index (χ0n) is 18.8. The summed E-state index contributed by atoms with van der Waals surface area (Å²) in [6.07, 6.45) is 3.54. The second-order valence-electron chi connectivity index (χ2n) is 9.27. The Hall–Kier alpha value is -2.86. The summed E-state index contributed by atoms with van der Waals surface area (Å²) < 4.78 is 0. The van der Waals surface area contributed by atoms with Gasteiger partial charge in [-0.25, -0.2) is 0 Å². The predicted molar refractivity (Wildman–Crippen MR) is 129 cm³/mol. The number of hydrogen-bond acceptors (Lipinski definition) is 4. The van der Waals surface area contributed by atoms with E-state index in [1.807, 2.05) is 23.1 Å². The van der Waals surface area contributed by atoms with Crippen LogP contribution in [0.15, 0.2) is 42.5 Å². The van der Waals surface area contributed by atoms with Crippen molar-refractivity contribution in [2.24, 2.45) is 11.8 Å². The first kappa shape index (κ1) is 22.0. The molecule has 5 rings (SSSR count). The molecular weight excluding hydrogens is 438 g/mol. The topological polar surface area (TPSA) is 60.9 Å². The molecule has 6 nitrogen and oxygen atoms in total. The molecule has 33 heavy (non-hydrogen) atoms. The summed E-state index contributed by atoms with van der Waals surface area (Å²) in [4.78, 5) is 44.6. The fourth-order valence-electron chi connectivity index (χ4n) is 5.45. The summed E-state index contributed by atoms with van der Waals surface area (Å²) >= 11 is 6.18. The van der Waals surface area contributed by atoms with Gasteiger partial charge in [0, 0.05) is 42.5 Å². The third-order valence-electron chi connectivity index (χ3n) is 7.27. The highest BCUT2D eigenvalue weighted by Crippen LogP contribution is 2.40. The van der Waals surface area contributed by atoms with Gasteiger partial charge in [-0.2, -0.15) is 0 Å². The van der Waals surface area contributed by atoms with Crippen molar-refractivity contribution in [1.29, 1.82) is 0 Å². The summed E-state index contributed by atoms with van der Waals surface area (Å²) in [6, 6.07) is 12.8. The maximum atomic E-state index is 13.2. The molecule has 7 heteroatoms. The van der Waals surface area contributed by atoms with E-state index in [-0.39, 0.29) is 29.6 Å². The van der Waals surface area contributed by atoms with Crippen LogP contribution < -0.4 is 9.80 Å². The first-order valence-electron chi connectivity index (χ1n) is 11.7. The van der Waals surface area contributed by atoms with Crippen LogP contribution in [0, 0.1) is 18.8 Å². The molecule has 2 aromatic rings. The molecule has 3 amide bonds. The first-order valence-corrected chi connectivity index (χ1v) is 12.1. The molecule has 3 fully saturated rings. The van der Waals surface area contributed by atoms with Crippen molar-refractivity contribution in [2.45, 2.75) is 32.6 Å². The highest BCUT2D eigenvalue weighted by molar-refractivity contribution is 6.30. The number of piperazine rings is 1. The fraction of sp³-hybridized carbons (Fsp3) is 0.423. The molecule has 3 aliphatic rings. The van der Waals surface area contributed by atoms with Crippen LogP contribution in [0.2, 0.25) is 5.02 Å². The van der Waals surface area contributed by atoms with Crippen molar-refractivity contribution in [1.82, 2.24) is 4.90 Å². The number of carbonyl (C=O) groups excluding carboxylic acids is 3. The molecule has 0 radical (unpaired) electrons. The first-order chi connectivity index (χ1) is 15.9. The Morgan fingerprint density at radius 1 is 0.909 bits per heavy atom. The number of hydrogen-bond donors (Lipinski definition) is 0. The number of aryl methyl sites for hydroxylation is 1. The highest BCUT2D eigenvalue weighted by atomic mass is 35.5. The van der Waals surface area contributed by atoms with Gasteiger partial charge in [-0.1, -0.05) is 36.6 Å². The average Bonchev–Trinajstić information content (AvgIpc) is 3.10. The second-order valence-corrected chi connectivity index (χ2v) is 9.71. The number of rotatable bonds is 3. The van der Waals surface area contributed by atoms with Crippen LogP contribution in [0.3, 0.4) is 0 Å². The molecule has 2 aromatic carbocycles. The number of fused-ring (bicyclic) bond motifs is 1. The smallest absolute Gasteiger partial charge is 0.254 e. The Kier molecular flexibility index (Phi) is 5.87. The van der Waals surface area contributed by atoms with E-state index in [1.165, 1.54) is 4.90 Å². The van der Waals surface area contributed by atoms with Gasteiger partial charge in [-0.3, -0.25) is 19.3 Å². The van der Waals surface area contributed by atoms with Gasteiger partial charge in [-0.15, -0.1) is 0 Å². The monoisotopic (exact) mass is 465 g/mol. The summed E-state index contributed by atoms with van der Waals surface area (Å²) in [7, 11) is 0. The molecule has 2 atom stereocenters. The van der Waals surface area contributed by atoms with E-state index >= 15 is 0 Å². The van der Waals surface area contributed by atoms with E-state index < -0.39 is 0 Å². The van der Waals surface area contributed by atoms with E-state index in [4.69, 9.17) is 11.6 Å². The van der Waals surface area contributed by atoms with Crippen molar-refractivity contribution in [3.63, 3.8) is 0 Å². The third kappa shape index (κ3) is 4.01. The average molecular weight is 466 g/mol. The van der Waals surface area contributed by atoms with E-state index in [1.54, 1.807) is 24.3 Å². The zero-order chi connectivity index (χ0) is 23.1. The van der Waals surface area contributed by atoms with Crippen molar-refractivity contribution in [2.75, 3.05) is 36.0 Å². The van der Waals surface area contributed by atoms with Crippen LogP contribution in [0.25, 0.3) is 0 Å². The summed E-state index contributed by atoms with van der Waals surface area (Å²) in [5, 5.41) is 0.705. The Balaban J connectivity index is 1.30. The number of nitrogens with zero attached hydrogens (tertiary/aromatic N) is 3. The number of imide groups is 1. The van der Waals surface area contributed by atoms with Crippen molar-refractivity contribution < 1.29 is 14.4 Å². The Morgan fingerprint density at radius 2 is 1.58 bits per heavy atom. The Labute approximate surface area is 199 Å². The van der Waals surface area contributed by atoms with Crippen LogP contribution in [-0.4, -0.2) is 48.8 Å². The largest absolute Gasteiger partial charge is 0.368 e. The molecule has 2 aliphatic heterocycles. The third-order valence-corrected chi connectivity index (χ3v) is 7.51. The number of anilines is 2. The number of benzene rings is 2. The van der Waals surface area contributed by atoms with Gasteiger partial charge in [-0.05, 0) is 55.7 Å². The van der Waals surface area contributed by atoms with Gasteiger partial charge in [0.15, 0.2) is 0 Å². The van der Waals surface area contributed by atoms with E-state index in [0.717, 1.165) is 50.0 Å². The standard InChI is InChI=1S/C26H28ClN3O3/c1-17-9-10-19(27)16-23(17)28-11-13-29(14-12-28)24(31)18-5-4-6-20(15-18)30-25(32)21-7-2-3-8-22(21)26(30)33/h4-6,9-10,15-16,21-22H,2-3,7-8,11-14H2,1H3. The van der Waals surface area contributed by atoms with Crippen LogP contribution in [0.5, 0.6) is 0 Å². The van der Waals surface area contributed by atoms with Gasteiger partial charge in [0.05, 0.1) is 17.5 Å². The van der Waals surface area contributed by atoms with Gasteiger partial charge < -0.3 is 9.80 Å². The minimum Gasteiger partial charge on any atom is -0.368 e. The minimum absolute atomic E-state index is 0.0733. The van der Waals surface area contributed by atoms with Crippen molar-refractivity contribution in [3.05, 3.63) is 58.6 Å². The Bertz CT molecular complexity index is 1090. The number of halogens is 1. The van der Waals surface area contributed by atoms with Gasteiger partial charge in [0.2, 0.25) is 11.8 Å². The molecule has 1 aliphatic carbocycles. The second kappa shape index (κ2) is 8.82. The lowest BCUT2D eigenvalue weighted by molar-refractivity contribution is -0.122. The summed E-state index contributed by atoms with van der Waals surface area (Å²) in [5.74, 6) is -0.697. The molecule has 2 heterocycles. The molecule has 1 saturated carbocycles. The molecule has 2 saturated heterocycles. The quantitative estimate of drug-likeness (QED) is 0.634. The van der Waals surface area contributed by atoms with Gasteiger partial charge in [0.1, 0.15) is 0 Å². The normalized spacial score (nSPS) is 23.2.